The first-order valence-corrected chi connectivity index (χ1v) is 6.83. The Kier molecular flexibility index (Phi) is 6.41. The third-order valence-corrected chi connectivity index (χ3v) is 2.55. The van der Waals surface area contributed by atoms with Gasteiger partial charge in [-0.15, -0.1) is 5.10 Å². The van der Waals surface area contributed by atoms with Crippen molar-refractivity contribution in [2.24, 2.45) is 0 Å². The van der Waals surface area contributed by atoms with Crippen LogP contribution in [0.3, 0.4) is 0 Å². The second-order valence-corrected chi connectivity index (χ2v) is 5.30. The van der Waals surface area contributed by atoms with Crippen LogP contribution in [-0.4, -0.2) is 41.0 Å². The van der Waals surface area contributed by atoms with Crippen LogP contribution in [-0.2, 0) is 21.6 Å². The first-order valence-electron chi connectivity index (χ1n) is 6.83. The third kappa shape index (κ3) is 5.67. The lowest BCUT2D eigenvalue weighted by atomic mass is 10.1. The molecular formula is C13H26N4O2. The fraction of sp³-hybridized carbons (Fsp3) is 0.846. The topological polar surface area (TPSA) is 61.2 Å². The van der Waals surface area contributed by atoms with Crippen molar-refractivity contribution in [3.63, 3.8) is 0 Å². The summed E-state index contributed by atoms with van der Waals surface area (Å²) in [6, 6.07) is 0. The number of rotatable bonds is 8. The molecule has 0 aliphatic carbocycles. The molecule has 0 aliphatic heterocycles. The van der Waals surface area contributed by atoms with Crippen LogP contribution in [0.2, 0.25) is 0 Å². The molecule has 1 rings (SSSR count). The van der Waals surface area contributed by atoms with Crippen molar-refractivity contribution in [1.82, 2.24) is 20.3 Å². The Hall–Kier alpha value is -0.980. The summed E-state index contributed by atoms with van der Waals surface area (Å²) in [6.07, 6.45) is 1.76. The zero-order valence-corrected chi connectivity index (χ0v) is 12.6. The summed E-state index contributed by atoms with van der Waals surface area (Å²) < 4.78 is 12.8. The molecule has 6 heteroatoms. The minimum Gasteiger partial charge on any atom is -0.352 e. The summed E-state index contributed by atoms with van der Waals surface area (Å²) >= 11 is 0. The van der Waals surface area contributed by atoms with Crippen molar-refractivity contribution in [3.05, 3.63) is 11.9 Å². The molecule has 0 amide bonds. The molecule has 1 aromatic rings. The lowest BCUT2D eigenvalue weighted by molar-refractivity contribution is -0.133. The molecule has 0 aliphatic rings. The number of aromatic nitrogens is 3. The first-order chi connectivity index (χ1) is 8.97. The van der Waals surface area contributed by atoms with Gasteiger partial charge in [0.15, 0.2) is 6.29 Å². The van der Waals surface area contributed by atoms with Gasteiger partial charge >= 0.3 is 0 Å². The molecule has 1 N–H and O–H groups in total. The van der Waals surface area contributed by atoms with E-state index in [1.54, 1.807) is 0 Å². The van der Waals surface area contributed by atoms with Crippen LogP contribution in [0, 0.1) is 0 Å². The van der Waals surface area contributed by atoms with Gasteiger partial charge in [-0.25, -0.2) is 4.68 Å². The summed E-state index contributed by atoms with van der Waals surface area (Å²) in [7, 11) is 0. The molecule has 0 unspecified atom stereocenters. The maximum absolute atomic E-state index is 5.45. The van der Waals surface area contributed by atoms with Crippen molar-refractivity contribution in [1.29, 1.82) is 0 Å². The minimum atomic E-state index is -0.201. The van der Waals surface area contributed by atoms with Crippen molar-refractivity contribution in [3.8, 4) is 0 Å². The van der Waals surface area contributed by atoms with Crippen LogP contribution in [0.1, 0.15) is 40.3 Å². The van der Waals surface area contributed by atoms with Gasteiger partial charge in [-0.2, -0.15) is 0 Å². The molecule has 0 aromatic carbocycles. The quantitative estimate of drug-likeness (QED) is 0.726. The van der Waals surface area contributed by atoms with Crippen molar-refractivity contribution in [2.75, 3.05) is 19.8 Å². The van der Waals surface area contributed by atoms with E-state index in [9.17, 15) is 0 Å². The molecule has 0 saturated carbocycles. The standard InChI is InChI=1S/C13H26N4O2/c1-6-18-12(19-7-2)9-14-8-11-10-17(16-15-11)13(3,4)5/h10,12,14H,6-9H2,1-5H3. The van der Waals surface area contributed by atoms with Crippen LogP contribution in [0.15, 0.2) is 6.20 Å². The van der Waals surface area contributed by atoms with Crippen LogP contribution in [0.4, 0.5) is 0 Å². The number of hydrogen-bond donors (Lipinski definition) is 1. The predicted octanol–water partition coefficient (Wildman–Crippen LogP) is 1.52. The average molecular weight is 270 g/mol. The molecule has 1 heterocycles. The molecule has 0 saturated heterocycles. The van der Waals surface area contributed by atoms with Crippen LogP contribution < -0.4 is 5.32 Å². The van der Waals surface area contributed by atoms with Crippen LogP contribution >= 0.6 is 0 Å². The molecule has 0 atom stereocenters. The Morgan fingerprint density at radius 1 is 1.26 bits per heavy atom. The molecule has 6 nitrogen and oxygen atoms in total. The third-order valence-electron chi connectivity index (χ3n) is 2.55. The molecule has 0 spiro atoms. The van der Waals surface area contributed by atoms with Gasteiger partial charge in [0.05, 0.1) is 17.4 Å². The molecule has 0 fully saturated rings. The van der Waals surface area contributed by atoms with Gasteiger partial charge < -0.3 is 14.8 Å². The Morgan fingerprint density at radius 2 is 1.89 bits per heavy atom. The number of nitrogens with one attached hydrogen (secondary N) is 1. The van der Waals surface area contributed by atoms with E-state index in [1.165, 1.54) is 0 Å². The van der Waals surface area contributed by atoms with E-state index in [4.69, 9.17) is 9.47 Å². The zero-order valence-electron chi connectivity index (χ0n) is 12.6. The Bertz CT molecular complexity index is 354. The Labute approximate surface area is 115 Å². The van der Waals surface area contributed by atoms with Gasteiger partial charge in [0, 0.05) is 26.3 Å². The summed E-state index contributed by atoms with van der Waals surface area (Å²) in [6.45, 7) is 12.8. The molecule has 0 bridgehead atoms. The molecule has 19 heavy (non-hydrogen) atoms. The van der Waals surface area contributed by atoms with Gasteiger partial charge in [-0.1, -0.05) is 5.21 Å². The van der Waals surface area contributed by atoms with Gasteiger partial charge in [0.25, 0.3) is 0 Å². The molecule has 110 valence electrons. The van der Waals surface area contributed by atoms with E-state index < -0.39 is 0 Å². The molecular weight excluding hydrogens is 244 g/mol. The second-order valence-electron chi connectivity index (χ2n) is 5.30. The maximum Gasteiger partial charge on any atom is 0.169 e. The smallest absolute Gasteiger partial charge is 0.169 e. The Balaban J connectivity index is 2.38. The normalized spacial score (nSPS) is 12.3. The van der Waals surface area contributed by atoms with E-state index >= 15 is 0 Å². The van der Waals surface area contributed by atoms with Gasteiger partial charge in [-0.05, 0) is 34.6 Å². The highest BCUT2D eigenvalue weighted by atomic mass is 16.7. The van der Waals surface area contributed by atoms with Gasteiger partial charge in [0.1, 0.15) is 0 Å². The van der Waals surface area contributed by atoms with E-state index in [1.807, 2.05) is 24.7 Å². The summed E-state index contributed by atoms with van der Waals surface area (Å²) in [5.41, 5.74) is 0.881. The fourth-order valence-corrected chi connectivity index (χ4v) is 1.56. The fourth-order valence-electron chi connectivity index (χ4n) is 1.56. The SMILES string of the molecule is CCOC(CNCc1cn(C(C)(C)C)nn1)OCC. The Morgan fingerprint density at radius 3 is 2.37 bits per heavy atom. The van der Waals surface area contributed by atoms with E-state index in [2.05, 4.69) is 36.4 Å². The summed E-state index contributed by atoms with van der Waals surface area (Å²) in [5.74, 6) is 0. The highest BCUT2D eigenvalue weighted by Crippen LogP contribution is 2.11. The average Bonchev–Trinajstić information content (AvgIpc) is 2.78. The second kappa shape index (κ2) is 7.57. The highest BCUT2D eigenvalue weighted by Gasteiger charge is 2.15. The monoisotopic (exact) mass is 270 g/mol. The number of hydrogen-bond acceptors (Lipinski definition) is 5. The largest absolute Gasteiger partial charge is 0.352 e. The summed E-state index contributed by atoms with van der Waals surface area (Å²) in [4.78, 5) is 0. The van der Waals surface area contributed by atoms with E-state index in [-0.39, 0.29) is 11.8 Å². The summed E-state index contributed by atoms with van der Waals surface area (Å²) in [5, 5.41) is 11.5. The van der Waals surface area contributed by atoms with Crippen LogP contribution in [0.25, 0.3) is 0 Å². The van der Waals surface area contributed by atoms with E-state index in [0.29, 0.717) is 26.3 Å². The predicted molar refractivity (Wildman–Crippen MR) is 73.8 cm³/mol. The number of ether oxygens (including phenoxy) is 2. The minimum absolute atomic E-state index is 0.0373. The zero-order chi connectivity index (χ0) is 14.3. The van der Waals surface area contributed by atoms with Gasteiger partial charge in [-0.3, -0.25) is 0 Å². The lowest BCUT2D eigenvalue weighted by Crippen LogP contribution is -2.31. The highest BCUT2D eigenvalue weighted by molar-refractivity contribution is 4.94. The van der Waals surface area contributed by atoms with E-state index in [0.717, 1.165) is 5.69 Å². The molecule has 0 radical (unpaired) electrons. The number of nitrogens with zero attached hydrogens (tertiary/aromatic N) is 3. The maximum atomic E-state index is 5.45. The van der Waals surface area contributed by atoms with Gasteiger partial charge in [0.2, 0.25) is 0 Å². The molecule has 1 aromatic heterocycles. The van der Waals surface area contributed by atoms with Crippen molar-refractivity contribution < 1.29 is 9.47 Å². The lowest BCUT2D eigenvalue weighted by Gasteiger charge is -2.18. The van der Waals surface area contributed by atoms with Crippen molar-refractivity contribution >= 4 is 0 Å². The van der Waals surface area contributed by atoms with Crippen LogP contribution in [0.5, 0.6) is 0 Å². The van der Waals surface area contributed by atoms with Crippen molar-refractivity contribution in [2.45, 2.75) is 53.0 Å². The first kappa shape index (κ1) is 16.1.